The number of hydrogen-bond acceptors (Lipinski definition) is 2. The van der Waals surface area contributed by atoms with E-state index in [1.165, 1.54) is 0 Å². The van der Waals surface area contributed by atoms with Crippen molar-refractivity contribution in [3.63, 3.8) is 0 Å². The average Bonchev–Trinajstić information content (AvgIpc) is 2.30. The third kappa shape index (κ3) is 2.08. The van der Waals surface area contributed by atoms with Crippen LogP contribution >= 0.6 is 0 Å². The fourth-order valence-corrected chi connectivity index (χ4v) is 1.47. The fourth-order valence-electron chi connectivity index (χ4n) is 1.47. The van der Waals surface area contributed by atoms with Crippen LogP contribution in [-0.4, -0.2) is 10.9 Å². The molecule has 1 heterocycles. The number of amides is 1. The van der Waals surface area contributed by atoms with Crippen molar-refractivity contribution in [2.75, 3.05) is 0 Å². The van der Waals surface area contributed by atoms with Gasteiger partial charge in [-0.15, -0.1) is 0 Å². The highest BCUT2D eigenvalue weighted by Gasteiger charge is 2.03. The molecule has 0 unspecified atom stereocenters. The lowest BCUT2D eigenvalue weighted by Crippen LogP contribution is -2.10. The third-order valence-corrected chi connectivity index (χ3v) is 2.35. The average molecular weight is 212 g/mol. The Morgan fingerprint density at radius 2 is 2.06 bits per heavy atom. The van der Waals surface area contributed by atoms with Crippen molar-refractivity contribution in [2.24, 2.45) is 5.73 Å². The van der Waals surface area contributed by atoms with E-state index in [9.17, 15) is 4.79 Å². The predicted octanol–water partition coefficient (Wildman–Crippen LogP) is 2.16. The summed E-state index contributed by atoms with van der Waals surface area (Å²) in [6, 6.07) is 11.1. The number of hydrogen-bond donors (Lipinski definition) is 1. The van der Waals surface area contributed by atoms with Crippen molar-refractivity contribution in [3.05, 3.63) is 53.7 Å². The number of nitrogens with zero attached hydrogens (tertiary/aromatic N) is 1. The summed E-state index contributed by atoms with van der Waals surface area (Å²) >= 11 is 0. The first-order chi connectivity index (χ1) is 7.66. The van der Waals surface area contributed by atoms with E-state index in [1.54, 1.807) is 24.4 Å². The fraction of sp³-hybridized carbons (Fsp3) is 0.0769. The van der Waals surface area contributed by atoms with E-state index in [0.717, 1.165) is 16.8 Å². The van der Waals surface area contributed by atoms with Crippen molar-refractivity contribution < 1.29 is 4.79 Å². The van der Waals surface area contributed by atoms with Gasteiger partial charge in [0.15, 0.2) is 0 Å². The van der Waals surface area contributed by atoms with Gasteiger partial charge in [0.1, 0.15) is 0 Å². The third-order valence-electron chi connectivity index (χ3n) is 2.35. The van der Waals surface area contributed by atoms with Crippen molar-refractivity contribution in [2.45, 2.75) is 6.92 Å². The second kappa shape index (κ2) is 4.14. The van der Waals surface area contributed by atoms with Gasteiger partial charge in [-0.25, -0.2) is 0 Å². The standard InChI is InChI=1S/C13H12N2O/c1-9-5-6-12(15-8-9)10-3-2-4-11(7-10)13(14)16/h2-8H,1H3,(H2,14,16). The number of nitrogens with two attached hydrogens (primary N) is 1. The van der Waals surface area contributed by atoms with Crippen LogP contribution in [0, 0.1) is 6.92 Å². The van der Waals surface area contributed by atoms with Gasteiger partial charge in [-0.1, -0.05) is 18.2 Å². The van der Waals surface area contributed by atoms with E-state index < -0.39 is 5.91 Å². The van der Waals surface area contributed by atoms with Gasteiger partial charge >= 0.3 is 0 Å². The molecule has 0 saturated heterocycles. The largest absolute Gasteiger partial charge is 0.366 e. The number of rotatable bonds is 2. The van der Waals surface area contributed by atoms with Gasteiger partial charge in [0.05, 0.1) is 5.69 Å². The number of benzene rings is 1. The summed E-state index contributed by atoms with van der Waals surface area (Å²) in [5.74, 6) is -0.422. The highest BCUT2D eigenvalue weighted by molar-refractivity contribution is 5.93. The molecule has 3 nitrogen and oxygen atoms in total. The van der Waals surface area contributed by atoms with Crippen molar-refractivity contribution >= 4 is 5.91 Å². The second-order valence-electron chi connectivity index (χ2n) is 3.67. The molecule has 0 aliphatic rings. The maximum Gasteiger partial charge on any atom is 0.248 e. The summed E-state index contributed by atoms with van der Waals surface area (Å²) < 4.78 is 0. The zero-order chi connectivity index (χ0) is 11.5. The molecule has 0 radical (unpaired) electrons. The van der Waals surface area contributed by atoms with E-state index in [0.29, 0.717) is 5.56 Å². The number of carbonyl (C=O) groups excluding carboxylic acids is 1. The van der Waals surface area contributed by atoms with Gasteiger partial charge in [-0.05, 0) is 30.7 Å². The van der Waals surface area contributed by atoms with Crippen LogP contribution in [0.2, 0.25) is 0 Å². The number of pyridine rings is 1. The smallest absolute Gasteiger partial charge is 0.248 e. The van der Waals surface area contributed by atoms with Crippen LogP contribution in [0.15, 0.2) is 42.6 Å². The zero-order valence-electron chi connectivity index (χ0n) is 8.97. The molecule has 0 bridgehead atoms. The number of primary amides is 1. The monoisotopic (exact) mass is 212 g/mol. The predicted molar refractivity (Wildman–Crippen MR) is 62.9 cm³/mol. The molecule has 0 fully saturated rings. The molecule has 0 aliphatic carbocycles. The maximum absolute atomic E-state index is 11.0. The van der Waals surface area contributed by atoms with Crippen LogP contribution in [0.25, 0.3) is 11.3 Å². The van der Waals surface area contributed by atoms with Crippen LogP contribution in [0.5, 0.6) is 0 Å². The minimum absolute atomic E-state index is 0.422. The normalized spacial score (nSPS) is 10.1. The van der Waals surface area contributed by atoms with E-state index in [4.69, 9.17) is 5.73 Å². The Morgan fingerprint density at radius 3 is 2.69 bits per heavy atom. The lowest BCUT2D eigenvalue weighted by Gasteiger charge is -2.02. The summed E-state index contributed by atoms with van der Waals surface area (Å²) in [7, 11) is 0. The van der Waals surface area contributed by atoms with Gasteiger partial charge < -0.3 is 5.73 Å². The van der Waals surface area contributed by atoms with Crippen molar-refractivity contribution in [3.8, 4) is 11.3 Å². The Bertz CT molecular complexity index is 518. The number of aryl methyl sites for hydroxylation is 1. The molecular weight excluding hydrogens is 200 g/mol. The van der Waals surface area contributed by atoms with Gasteiger partial charge in [0.2, 0.25) is 5.91 Å². The van der Waals surface area contributed by atoms with E-state index in [1.807, 2.05) is 25.1 Å². The lowest BCUT2D eigenvalue weighted by atomic mass is 10.1. The van der Waals surface area contributed by atoms with E-state index in [2.05, 4.69) is 4.98 Å². The highest BCUT2D eigenvalue weighted by atomic mass is 16.1. The summed E-state index contributed by atoms with van der Waals surface area (Å²) in [5, 5.41) is 0. The maximum atomic E-state index is 11.0. The molecule has 1 aromatic carbocycles. The SMILES string of the molecule is Cc1ccc(-c2cccc(C(N)=O)c2)nc1. The molecule has 2 aromatic rings. The Morgan fingerprint density at radius 1 is 1.25 bits per heavy atom. The molecule has 2 rings (SSSR count). The van der Waals surface area contributed by atoms with E-state index in [-0.39, 0.29) is 0 Å². The van der Waals surface area contributed by atoms with Gasteiger partial charge in [-0.3, -0.25) is 9.78 Å². The van der Waals surface area contributed by atoms with Crippen LogP contribution in [0.3, 0.4) is 0 Å². The van der Waals surface area contributed by atoms with Crippen molar-refractivity contribution in [1.82, 2.24) is 4.98 Å². The molecule has 2 N–H and O–H groups in total. The van der Waals surface area contributed by atoms with Crippen LogP contribution in [-0.2, 0) is 0 Å². The first-order valence-corrected chi connectivity index (χ1v) is 5.00. The molecule has 16 heavy (non-hydrogen) atoms. The Kier molecular flexibility index (Phi) is 2.68. The summed E-state index contributed by atoms with van der Waals surface area (Å²) in [6.07, 6.45) is 1.80. The van der Waals surface area contributed by atoms with Gasteiger partial charge in [-0.2, -0.15) is 0 Å². The van der Waals surface area contributed by atoms with Crippen LogP contribution in [0.4, 0.5) is 0 Å². The topological polar surface area (TPSA) is 56.0 Å². The molecule has 80 valence electrons. The molecule has 1 aromatic heterocycles. The Hall–Kier alpha value is -2.16. The minimum Gasteiger partial charge on any atom is -0.366 e. The van der Waals surface area contributed by atoms with Gasteiger partial charge in [0.25, 0.3) is 0 Å². The number of aromatic nitrogens is 1. The number of carbonyl (C=O) groups is 1. The van der Waals surface area contributed by atoms with Crippen LogP contribution < -0.4 is 5.73 Å². The van der Waals surface area contributed by atoms with E-state index >= 15 is 0 Å². The summed E-state index contributed by atoms with van der Waals surface area (Å²) in [6.45, 7) is 1.98. The molecule has 1 amide bonds. The van der Waals surface area contributed by atoms with Crippen molar-refractivity contribution in [1.29, 1.82) is 0 Å². The molecule has 0 spiro atoms. The second-order valence-corrected chi connectivity index (χ2v) is 3.67. The first kappa shape index (κ1) is 10.4. The Balaban J connectivity index is 2.44. The quantitative estimate of drug-likeness (QED) is 0.829. The van der Waals surface area contributed by atoms with Crippen LogP contribution in [0.1, 0.15) is 15.9 Å². The molecule has 0 atom stereocenters. The lowest BCUT2D eigenvalue weighted by molar-refractivity contribution is 0.100. The molecule has 0 saturated carbocycles. The van der Waals surface area contributed by atoms with Gasteiger partial charge in [0, 0.05) is 17.3 Å². The molecule has 3 heteroatoms. The summed E-state index contributed by atoms with van der Waals surface area (Å²) in [5.41, 5.74) is 8.57. The Labute approximate surface area is 93.9 Å². The minimum atomic E-state index is -0.422. The zero-order valence-corrected chi connectivity index (χ0v) is 8.97. The molecule has 0 aliphatic heterocycles. The summed E-state index contributed by atoms with van der Waals surface area (Å²) in [4.78, 5) is 15.3. The first-order valence-electron chi connectivity index (χ1n) is 5.00. The highest BCUT2D eigenvalue weighted by Crippen LogP contribution is 2.18. The molecular formula is C13H12N2O.